The number of hydrogen-bond acceptors (Lipinski definition) is 5. The molecule has 3 rings (SSSR count). The van der Waals surface area contributed by atoms with Crippen LogP contribution in [-0.4, -0.2) is 49.8 Å². The average Bonchev–Trinajstić information content (AvgIpc) is 3.25. The first-order chi connectivity index (χ1) is 14.2. The van der Waals surface area contributed by atoms with E-state index >= 15 is 0 Å². The molecule has 1 saturated carbocycles. The molecule has 9 heteroatoms. The summed E-state index contributed by atoms with van der Waals surface area (Å²) in [5.41, 5.74) is 0.0443. The lowest BCUT2D eigenvalue weighted by Gasteiger charge is -2.30. The Balaban J connectivity index is 1.68. The molecule has 0 radical (unpaired) electrons. The van der Waals surface area contributed by atoms with Crippen LogP contribution in [0.2, 0.25) is 5.02 Å². The molecule has 1 aromatic rings. The SMILES string of the molecule is C[C@@H](OC(=O)c1ccc(Cl)c(S(=O)(=O)N2CCCC2)c1)C(=O)N[C@@H]1CCCC[C@@H]1C. The van der Waals surface area contributed by atoms with E-state index in [9.17, 15) is 18.0 Å². The van der Waals surface area contributed by atoms with Gasteiger partial charge in [0.2, 0.25) is 10.0 Å². The molecule has 0 bridgehead atoms. The van der Waals surface area contributed by atoms with E-state index in [0.717, 1.165) is 38.5 Å². The average molecular weight is 457 g/mol. The number of ether oxygens (including phenoxy) is 1. The van der Waals surface area contributed by atoms with Crippen LogP contribution < -0.4 is 5.32 Å². The van der Waals surface area contributed by atoms with Crippen molar-refractivity contribution in [3.63, 3.8) is 0 Å². The van der Waals surface area contributed by atoms with E-state index in [0.29, 0.717) is 19.0 Å². The van der Waals surface area contributed by atoms with E-state index in [4.69, 9.17) is 16.3 Å². The van der Waals surface area contributed by atoms with Crippen LogP contribution in [0.15, 0.2) is 23.1 Å². The van der Waals surface area contributed by atoms with Crippen LogP contribution >= 0.6 is 11.6 Å². The Kier molecular flexibility index (Phi) is 7.42. The highest BCUT2D eigenvalue weighted by Gasteiger charge is 2.31. The van der Waals surface area contributed by atoms with E-state index in [1.54, 1.807) is 0 Å². The van der Waals surface area contributed by atoms with Crippen molar-refractivity contribution in [3.8, 4) is 0 Å². The Morgan fingerprint density at radius 3 is 2.50 bits per heavy atom. The van der Waals surface area contributed by atoms with Gasteiger partial charge in [-0.15, -0.1) is 0 Å². The van der Waals surface area contributed by atoms with Gasteiger partial charge in [0.05, 0.1) is 10.6 Å². The first kappa shape index (κ1) is 23.0. The second kappa shape index (κ2) is 9.66. The Bertz CT molecular complexity index is 899. The second-order valence-electron chi connectivity index (χ2n) is 8.18. The number of halogens is 1. The highest BCUT2D eigenvalue weighted by molar-refractivity contribution is 7.89. The molecule has 2 aliphatic rings. The molecule has 0 spiro atoms. The smallest absolute Gasteiger partial charge is 0.338 e. The minimum Gasteiger partial charge on any atom is -0.449 e. The van der Waals surface area contributed by atoms with Crippen molar-refractivity contribution >= 4 is 33.5 Å². The molecule has 1 heterocycles. The highest BCUT2D eigenvalue weighted by atomic mass is 35.5. The van der Waals surface area contributed by atoms with E-state index in [2.05, 4.69) is 12.2 Å². The van der Waals surface area contributed by atoms with Gasteiger partial charge in [-0.05, 0) is 56.7 Å². The molecule has 1 aliphatic carbocycles. The maximum absolute atomic E-state index is 12.8. The number of hydrogen-bond donors (Lipinski definition) is 1. The maximum Gasteiger partial charge on any atom is 0.338 e. The van der Waals surface area contributed by atoms with Gasteiger partial charge in [0.25, 0.3) is 5.91 Å². The lowest BCUT2D eigenvalue weighted by molar-refractivity contribution is -0.130. The minimum absolute atomic E-state index is 0.0443. The van der Waals surface area contributed by atoms with Crippen molar-refractivity contribution in [3.05, 3.63) is 28.8 Å². The molecule has 30 heavy (non-hydrogen) atoms. The summed E-state index contributed by atoms with van der Waals surface area (Å²) in [6.07, 6.45) is 4.83. The molecule has 166 valence electrons. The molecule has 7 nitrogen and oxygen atoms in total. The Morgan fingerprint density at radius 1 is 1.17 bits per heavy atom. The van der Waals surface area contributed by atoms with Crippen molar-refractivity contribution in [2.24, 2.45) is 5.92 Å². The van der Waals surface area contributed by atoms with Gasteiger partial charge >= 0.3 is 5.97 Å². The highest BCUT2D eigenvalue weighted by Crippen LogP contribution is 2.28. The molecule has 1 saturated heterocycles. The number of nitrogens with zero attached hydrogens (tertiary/aromatic N) is 1. The molecule has 1 aliphatic heterocycles. The summed E-state index contributed by atoms with van der Waals surface area (Å²) in [5, 5.41) is 3.02. The summed E-state index contributed by atoms with van der Waals surface area (Å²) >= 11 is 6.12. The summed E-state index contributed by atoms with van der Waals surface area (Å²) in [6, 6.07) is 4.09. The third-order valence-corrected chi connectivity index (χ3v) is 8.32. The predicted octanol–water partition coefficient (Wildman–Crippen LogP) is 3.36. The minimum atomic E-state index is -3.78. The first-order valence-electron chi connectivity index (χ1n) is 10.5. The lowest BCUT2D eigenvalue weighted by Crippen LogP contribution is -2.46. The number of nitrogens with one attached hydrogen (secondary N) is 1. The molecule has 1 N–H and O–H groups in total. The van der Waals surface area contributed by atoms with Gasteiger partial charge in [-0.25, -0.2) is 13.2 Å². The number of rotatable bonds is 6. The van der Waals surface area contributed by atoms with E-state index in [1.165, 1.54) is 29.4 Å². The van der Waals surface area contributed by atoms with Gasteiger partial charge in [0.1, 0.15) is 4.90 Å². The molecular formula is C21H29ClN2O5S. The van der Waals surface area contributed by atoms with Gasteiger partial charge in [-0.2, -0.15) is 4.31 Å². The molecule has 1 aromatic carbocycles. The zero-order valence-electron chi connectivity index (χ0n) is 17.4. The summed E-state index contributed by atoms with van der Waals surface area (Å²) in [4.78, 5) is 24.9. The zero-order chi connectivity index (χ0) is 21.9. The number of carbonyl (C=O) groups excluding carboxylic acids is 2. The standard InChI is InChI=1S/C21H29ClN2O5S/c1-14-7-3-4-8-18(14)23-20(25)15(2)29-21(26)16-9-10-17(22)19(13-16)30(27,28)24-11-5-6-12-24/h9-10,13-15,18H,3-8,11-12H2,1-2H3,(H,23,25)/t14-,15+,18+/m0/s1. The fourth-order valence-corrected chi connectivity index (χ4v) is 6.03. The second-order valence-corrected chi connectivity index (χ2v) is 10.5. The summed E-state index contributed by atoms with van der Waals surface area (Å²) in [6.45, 7) is 4.49. The first-order valence-corrected chi connectivity index (χ1v) is 12.3. The van der Waals surface area contributed by atoms with Gasteiger partial charge < -0.3 is 10.1 Å². The van der Waals surface area contributed by atoms with E-state index in [1.807, 2.05) is 0 Å². The van der Waals surface area contributed by atoms with Gasteiger partial charge in [0, 0.05) is 19.1 Å². The van der Waals surface area contributed by atoms with Crippen LogP contribution in [-0.2, 0) is 19.6 Å². The molecular weight excluding hydrogens is 428 g/mol. The molecule has 1 amide bonds. The van der Waals surface area contributed by atoms with E-state index < -0.39 is 22.1 Å². The summed E-state index contributed by atoms with van der Waals surface area (Å²) < 4.78 is 32.3. The van der Waals surface area contributed by atoms with Crippen molar-refractivity contribution < 1.29 is 22.7 Å². The Hall–Kier alpha value is -1.64. The van der Waals surface area contributed by atoms with Crippen LogP contribution in [0.3, 0.4) is 0 Å². The monoisotopic (exact) mass is 456 g/mol. The zero-order valence-corrected chi connectivity index (χ0v) is 19.0. The Labute approximate surface area is 183 Å². The van der Waals surface area contributed by atoms with Crippen LogP contribution in [0.4, 0.5) is 0 Å². The number of sulfonamides is 1. The van der Waals surface area contributed by atoms with Crippen LogP contribution in [0.25, 0.3) is 0 Å². The van der Waals surface area contributed by atoms with Crippen molar-refractivity contribution in [1.82, 2.24) is 9.62 Å². The number of esters is 1. The number of amides is 1. The lowest BCUT2D eigenvalue weighted by atomic mass is 9.86. The quantitative estimate of drug-likeness (QED) is 0.662. The molecule has 3 atom stereocenters. The fourth-order valence-electron chi connectivity index (χ4n) is 4.01. The van der Waals surface area contributed by atoms with Gasteiger partial charge in [0.15, 0.2) is 6.10 Å². The van der Waals surface area contributed by atoms with Crippen LogP contribution in [0.5, 0.6) is 0 Å². The normalized spacial score (nSPS) is 23.7. The van der Waals surface area contributed by atoms with Gasteiger partial charge in [-0.3, -0.25) is 4.79 Å². The third-order valence-electron chi connectivity index (χ3n) is 5.94. The van der Waals surface area contributed by atoms with Crippen molar-refractivity contribution in [1.29, 1.82) is 0 Å². The topological polar surface area (TPSA) is 92.8 Å². The van der Waals surface area contributed by atoms with Crippen molar-refractivity contribution in [2.75, 3.05) is 13.1 Å². The van der Waals surface area contributed by atoms with Crippen LogP contribution in [0.1, 0.15) is 62.7 Å². The number of carbonyl (C=O) groups is 2. The van der Waals surface area contributed by atoms with Crippen molar-refractivity contribution in [2.45, 2.75) is 69.4 Å². The van der Waals surface area contributed by atoms with E-state index in [-0.39, 0.29) is 27.4 Å². The number of benzene rings is 1. The fraction of sp³-hybridized carbons (Fsp3) is 0.619. The Morgan fingerprint density at radius 2 is 1.83 bits per heavy atom. The molecule has 2 fully saturated rings. The predicted molar refractivity (Wildman–Crippen MR) is 114 cm³/mol. The molecule has 0 unspecified atom stereocenters. The van der Waals surface area contributed by atoms with Crippen LogP contribution in [0, 0.1) is 5.92 Å². The largest absolute Gasteiger partial charge is 0.449 e. The van der Waals surface area contributed by atoms with Gasteiger partial charge in [-0.1, -0.05) is 31.4 Å². The summed E-state index contributed by atoms with van der Waals surface area (Å²) in [7, 11) is -3.78. The third kappa shape index (κ3) is 5.15. The summed E-state index contributed by atoms with van der Waals surface area (Å²) in [5.74, 6) is -0.718. The maximum atomic E-state index is 12.8. The molecule has 0 aromatic heterocycles.